The summed E-state index contributed by atoms with van der Waals surface area (Å²) in [5.74, 6) is 0. The minimum Gasteiger partial charge on any atom is -0.0683 e. The highest BCUT2D eigenvalue weighted by Gasteiger charge is 2.33. The van der Waals surface area contributed by atoms with Crippen molar-refractivity contribution in [2.24, 2.45) is 0 Å². The van der Waals surface area contributed by atoms with Crippen LogP contribution in [-0.4, -0.2) is 0 Å². The van der Waals surface area contributed by atoms with Crippen LogP contribution in [0.25, 0.3) is 0 Å². The summed E-state index contributed by atoms with van der Waals surface area (Å²) in [5, 5.41) is 0. The highest BCUT2D eigenvalue weighted by atomic mass is 14.4. The molecule has 0 fully saturated rings. The minimum absolute atomic E-state index is 0.182. The van der Waals surface area contributed by atoms with Crippen molar-refractivity contribution in [2.75, 3.05) is 0 Å². The second-order valence-electron chi connectivity index (χ2n) is 6.71. The highest BCUT2D eigenvalue weighted by Crippen LogP contribution is 2.40. The van der Waals surface area contributed by atoms with Crippen LogP contribution in [0.2, 0.25) is 0 Å². The molecular weight excluding hydrogens is 336 g/mol. The Hall–Kier alpha value is -1.56. The normalized spacial score (nSPS) is 11.4. The fourth-order valence-electron chi connectivity index (χ4n) is 3.24. The molecule has 2 rings (SSSR count). The number of hydrogen-bond donors (Lipinski definition) is 0. The number of hydrogen-bond acceptors (Lipinski definition) is 0. The van der Waals surface area contributed by atoms with Gasteiger partial charge in [-0.1, -0.05) is 144 Å². The highest BCUT2D eigenvalue weighted by molar-refractivity contribution is 5.29. The summed E-state index contributed by atoms with van der Waals surface area (Å²) >= 11 is 0. The molecule has 0 nitrogen and oxygen atoms in total. The second kappa shape index (κ2) is 18.8. The first kappa shape index (κ1) is 31.1. The van der Waals surface area contributed by atoms with Gasteiger partial charge in [-0.2, -0.15) is 0 Å². The number of benzene rings is 2. The second-order valence-corrected chi connectivity index (χ2v) is 6.71. The molecule has 0 aromatic heterocycles. The molecular formula is C28H50. The molecule has 2 aromatic rings. The standard InChI is InChI=1S/C20H26.4C2H6/c1-5-20(4,18-14-10-7-11-15-18)16-19(2,3)17-12-8-6-9-13-17;4*1-2/h6-15H,5,16H2,1-4H3;4*1-2H3. The van der Waals surface area contributed by atoms with E-state index < -0.39 is 0 Å². The van der Waals surface area contributed by atoms with Crippen LogP contribution in [-0.2, 0) is 10.8 Å². The van der Waals surface area contributed by atoms with E-state index >= 15 is 0 Å². The average molecular weight is 387 g/mol. The van der Waals surface area contributed by atoms with Gasteiger partial charge in [-0.15, -0.1) is 0 Å². The van der Waals surface area contributed by atoms with Crippen molar-refractivity contribution < 1.29 is 0 Å². The van der Waals surface area contributed by atoms with Crippen LogP contribution < -0.4 is 0 Å². The molecule has 0 heteroatoms. The SMILES string of the molecule is CC.CC.CC.CC.CCC(C)(CC(C)(C)c1ccccc1)c1ccccc1. The summed E-state index contributed by atoms with van der Waals surface area (Å²) < 4.78 is 0. The molecule has 0 N–H and O–H groups in total. The van der Waals surface area contributed by atoms with Gasteiger partial charge in [-0.3, -0.25) is 0 Å². The summed E-state index contributed by atoms with van der Waals surface area (Å²) in [5.41, 5.74) is 3.28. The van der Waals surface area contributed by atoms with Gasteiger partial charge in [-0.05, 0) is 34.8 Å². The van der Waals surface area contributed by atoms with Crippen molar-refractivity contribution in [1.29, 1.82) is 0 Å². The zero-order valence-electron chi connectivity index (χ0n) is 21.2. The molecule has 0 bridgehead atoms. The molecule has 0 saturated heterocycles. The Bertz CT molecular complexity index is 524. The van der Waals surface area contributed by atoms with E-state index in [2.05, 4.69) is 88.4 Å². The maximum Gasteiger partial charge on any atom is -0.00696 e. The van der Waals surface area contributed by atoms with Gasteiger partial charge < -0.3 is 0 Å². The van der Waals surface area contributed by atoms with Gasteiger partial charge in [0, 0.05) is 0 Å². The predicted octanol–water partition coefficient (Wildman–Crippen LogP) is 9.83. The third-order valence-corrected chi connectivity index (χ3v) is 4.64. The summed E-state index contributed by atoms with van der Waals surface area (Å²) in [6, 6.07) is 21.8. The van der Waals surface area contributed by atoms with Crippen molar-refractivity contribution in [3.05, 3.63) is 71.8 Å². The van der Waals surface area contributed by atoms with Gasteiger partial charge in [0.1, 0.15) is 0 Å². The lowest BCUT2D eigenvalue weighted by Crippen LogP contribution is -2.31. The lowest BCUT2D eigenvalue weighted by atomic mass is 9.66. The Morgan fingerprint density at radius 2 is 0.857 bits per heavy atom. The molecule has 162 valence electrons. The molecule has 0 amide bonds. The van der Waals surface area contributed by atoms with Crippen LogP contribution in [0.15, 0.2) is 60.7 Å². The van der Waals surface area contributed by atoms with Crippen molar-refractivity contribution >= 4 is 0 Å². The van der Waals surface area contributed by atoms with Crippen molar-refractivity contribution in [2.45, 2.75) is 107 Å². The first-order chi connectivity index (χ1) is 13.5. The molecule has 28 heavy (non-hydrogen) atoms. The predicted molar refractivity (Wildman–Crippen MR) is 134 cm³/mol. The van der Waals surface area contributed by atoms with Gasteiger partial charge >= 0.3 is 0 Å². The summed E-state index contributed by atoms with van der Waals surface area (Å²) in [7, 11) is 0. The first-order valence-electron chi connectivity index (χ1n) is 11.6. The van der Waals surface area contributed by atoms with Gasteiger partial charge in [0.2, 0.25) is 0 Å². The molecule has 1 unspecified atom stereocenters. The quantitative estimate of drug-likeness (QED) is 0.479. The van der Waals surface area contributed by atoms with Crippen LogP contribution in [0.3, 0.4) is 0 Å². The molecule has 0 aliphatic carbocycles. The van der Waals surface area contributed by atoms with E-state index in [0.29, 0.717) is 0 Å². The molecule has 0 aliphatic heterocycles. The molecule has 2 aromatic carbocycles. The van der Waals surface area contributed by atoms with Gasteiger partial charge in [0.05, 0.1) is 0 Å². The zero-order valence-corrected chi connectivity index (χ0v) is 21.2. The fraction of sp³-hybridized carbons (Fsp3) is 0.571. The van der Waals surface area contributed by atoms with Gasteiger partial charge in [0.15, 0.2) is 0 Å². The Balaban J connectivity index is -0.000000695. The van der Waals surface area contributed by atoms with E-state index in [0.717, 1.165) is 12.8 Å². The average Bonchev–Trinajstić information content (AvgIpc) is 2.80. The Labute approximate surface area is 178 Å². The molecule has 0 saturated carbocycles. The first-order valence-corrected chi connectivity index (χ1v) is 11.6. The Morgan fingerprint density at radius 3 is 1.18 bits per heavy atom. The zero-order chi connectivity index (χ0) is 22.6. The topological polar surface area (TPSA) is 0 Å². The van der Waals surface area contributed by atoms with E-state index in [-0.39, 0.29) is 10.8 Å². The van der Waals surface area contributed by atoms with Gasteiger partial charge in [0.25, 0.3) is 0 Å². The van der Waals surface area contributed by atoms with E-state index in [1.165, 1.54) is 11.1 Å². The minimum atomic E-state index is 0.182. The van der Waals surface area contributed by atoms with Crippen molar-refractivity contribution in [3.63, 3.8) is 0 Å². The van der Waals surface area contributed by atoms with Crippen LogP contribution in [0.5, 0.6) is 0 Å². The van der Waals surface area contributed by atoms with Crippen molar-refractivity contribution in [3.8, 4) is 0 Å². The Morgan fingerprint density at radius 1 is 0.536 bits per heavy atom. The third kappa shape index (κ3) is 10.7. The molecule has 1 atom stereocenters. The lowest BCUT2D eigenvalue weighted by Gasteiger charge is -2.38. The van der Waals surface area contributed by atoms with Crippen LogP contribution in [0.1, 0.15) is 107 Å². The van der Waals surface area contributed by atoms with Crippen LogP contribution in [0.4, 0.5) is 0 Å². The van der Waals surface area contributed by atoms with Gasteiger partial charge in [-0.25, -0.2) is 0 Å². The third-order valence-electron chi connectivity index (χ3n) is 4.64. The summed E-state index contributed by atoms with van der Waals surface area (Å²) in [6.45, 7) is 25.4. The molecule has 0 heterocycles. The maximum atomic E-state index is 2.40. The largest absolute Gasteiger partial charge is 0.0683 e. The maximum absolute atomic E-state index is 2.40. The monoisotopic (exact) mass is 386 g/mol. The van der Waals surface area contributed by atoms with Crippen LogP contribution in [0, 0.1) is 0 Å². The molecule has 0 radical (unpaired) electrons. The molecule has 0 aliphatic rings. The van der Waals surface area contributed by atoms with Crippen molar-refractivity contribution in [1.82, 2.24) is 0 Å². The van der Waals surface area contributed by atoms with Crippen LogP contribution >= 0.6 is 0 Å². The molecule has 0 spiro atoms. The van der Waals surface area contributed by atoms with E-state index in [4.69, 9.17) is 0 Å². The summed E-state index contributed by atoms with van der Waals surface area (Å²) in [4.78, 5) is 0. The summed E-state index contributed by atoms with van der Waals surface area (Å²) in [6.07, 6.45) is 2.32. The Kier molecular flexibility index (Phi) is 20.9. The van der Waals surface area contributed by atoms with E-state index in [1.54, 1.807) is 0 Å². The smallest absolute Gasteiger partial charge is 0.00696 e. The lowest BCUT2D eigenvalue weighted by molar-refractivity contribution is 0.317. The van der Waals surface area contributed by atoms with E-state index in [9.17, 15) is 0 Å². The number of rotatable bonds is 5. The fourth-order valence-corrected chi connectivity index (χ4v) is 3.24. The van der Waals surface area contributed by atoms with E-state index in [1.807, 2.05) is 55.4 Å².